The van der Waals surface area contributed by atoms with E-state index in [1.54, 1.807) is 12.3 Å². The summed E-state index contributed by atoms with van der Waals surface area (Å²) in [5.74, 6) is -0.168. The standard InChI is InChI=1S/C17H20BrN3O/c1-11-9-12(18)5-7-14(11)20-13-6-8-15(19-10-13)16(22)21-17(2,3)4/h5-10,20H,1-4H3,(H,21,22). The van der Waals surface area contributed by atoms with Crippen LogP contribution in [0.15, 0.2) is 41.0 Å². The number of nitrogens with one attached hydrogen (secondary N) is 2. The number of aryl methyl sites for hydroxylation is 1. The lowest BCUT2D eigenvalue weighted by Crippen LogP contribution is -2.40. The Morgan fingerprint density at radius 3 is 2.45 bits per heavy atom. The fraction of sp³-hybridized carbons (Fsp3) is 0.294. The number of pyridine rings is 1. The van der Waals surface area contributed by atoms with Crippen molar-refractivity contribution in [2.75, 3.05) is 5.32 Å². The van der Waals surface area contributed by atoms with Crippen molar-refractivity contribution in [3.05, 3.63) is 52.3 Å². The first-order valence-electron chi connectivity index (χ1n) is 7.06. The summed E-state index contributed by atoms with van der Waals surface area (Å²) in [6.45, 7) is 7.86. The van der Waals surface area contributed by atoms with E-state index in [2.05, 4.69) is 31.5 Å². The first-order valence-corrected chi connectivity index (χ1v) is 7.86. The molecule has 0 atom stereocenters. The molecule has 0 fully saturated rings. The van der Waals surface area contributed by atoms with Crippen LogP contribution in [0, 0.1) is 6.92 Å². The molecule has 1 aromatic heterocycles. The quantitative estimate of drug-likeness (QED) is 0.850. The molecule has 0 saturated heterocycles. The van der Waals surface area contributed by atoms with Crippen molar-refractivity contribution in [3.8, 4) is 0 Å². The van der Waals surface area contributed by atoms with Gasteiger partial charge in [0.05, 0.1) is 11.9 Å². The SMILES string of the molecule is Cc1cc(Br)ccc1Nc1ccc(C(=O)NC(C)(C)C)nc1. The molecule has 0 aliphatic carbocycles. The second-order valence-electron chi connectivity index (χ2n) is 6.22. The number of carbonyl (C=O) groups is 1. The van der Waals surface area contributed by atoms with Gasteiger partial charge in [0, 0.05) is 15.7 Å². The molecule has 4 nitrogen and oxygen atoms in total. The van der Waals surface area contributed by atoms with Gasteiger partial charge in [0.1, 0.15) is 5.69 Å². The van der Waals surface area contributed by atoms with Gasteiger partial charge in [0.15, 0.2) is 0 Å². The van der Waals surface area contributed by atoms with Gasteiger partial charge in [-0.15, -0.1) is 0 Å². The molecule has 2 aromatic rings. The van der Waals surface area contributed by atoms with E-state index in [-0.39, 0.29) is 11.4 Å². The summed E-state index contributed by atoms with van der Waals surface area (Å²) in [7, 11) is 0. The fourth-order valence-corrected chi connectivity index (χ4v) is 2.41. The highest BCUT2D eigenvalue weighted by molar-refractivity contribution is 9.10. The number of halogens is 1. The molecule has 2 N–H and O–H groups in total. The van der Waals surface area contributed by atoms with Gasteiger partial charge in [-0.1, -0.05) is 15.9 Å². The van der Waals surface area contributed by atoms with Gasteiger partial charge in [-0.25, -0.2) is 4.98 Å². The summed E-state index contributed by atoms with van der Waals surface area (Å²) in [4.78, 5) is 16.2. The van der Waals surface area contributed by atoms with Crippen LogP contribution in [0.1, 0.15) is 36.8 Å². The number of rotatable bonds is 3. The summed E-state index contributed by atoms with van der Waals surface area (Å²) in [6, 6.07) is 9.60. The molecule has 0 aliphatic rings. The molecule has 116 valence electrons. The van der Waals surface area contributed by atoms with Crippen LogP contribution in [0.4, 0.5) is 11.4 Å². The summed E-state index contributed by atoms with van der Waals surface area (Å²) >= 11 is 3.45. The van der Waals surface area contributed by atoms with Gasteiger partial charge < -0.3 is 10.6 Å². The molecule has 2 rings (SSSR count). The third-order valence-corrected chi connectivity index (χ3v) is 3.45. The molecular weight excluding hydrogens is 342 g/mol. The second-order valence-corrected chi connectivity index (χ2v) is 7.14. The van der Waals surface area contributed by atoms with Crippen molar-refractivity contribution < 1.29 is 4.79 Å². The van der Waals surface area contributed by atoms with E-state index in [0.717, 1.165) is 21.4 Å². The summed E-state index contributed by atoms with van der Waals surface area (Å²) in [5, 5.41) is 6.19. The van der Waals surface area contributed by atoms with Gasteiger partial charge in [-0.05, 0) is 63.6 Å². The smallest absolute Gasteiger partial charge is 0.270 e. The zero-order valence-corrected chi connectivity index (χ0v) is 14.8. The van der Waals surface area contributed by atoms with Crippen molar-refractivity contribution >= 4 is 33.2 Å². The lowest BCUT2D eigenvalue weighted by Gasteiger charge is -2.20. The molecule has 0 saturated carbocycles. The molecule has 1 amide bonds. The number of carbonyl (C=O) groups excluding carboxylic acids is 1. The number of amides is 1. The third-order valence-electron chi connectivity index (χ3n) is 2.95. The highest BCUT2D eigenvalue weighted by Crippen LogP contribution is 2.23. The molecule has 0 spiro atoms. The summed E-state index contributed by atoms with van der Waals surface area (Å²) in [5.41, 5.74) is 3.12. The van der Waals surface area contributed by atoms with Crippen LogP contribution in [0.2, 0.25) is 0 Å². The largest absolute Gasteiger partial charge is 0.354 e. The third kappa shape index (κ3) is 4.56. The summed E-state index contributed by atoms with van der Waals surface area (Å²) < 4.78 is 1.04. The Hall–Kier alpha value is -1.88. The van der Waals surface area contributed by atoms with Crippen LogP contribution >= 0.6 is 15.9 Å². The zero-order valence-electron chi connectivity index (χ0n) is 13.2. The Balaban J connectivity index is 2.10. The van der Waals surface area contributed by atoms with Crippen molar-refractivity contribution in [1.29, 1.82) is 0 Å². The molecule has 22 heavy (non-hydrogen) atoms. The van der Waals surface area contributed by atoms with E-state index < -0.39 is 0 Å². The van der Waals surface area contributed by atoms with Crippen LogP contribution in [-0.2, 0) is 0 Å². The predicted octanol–water partition coefficient (Wildman–Crippen LogP) is 4.42. The van der Waals surface area contributed by atoms with E-state index in [9.17, 15) is 4.79 Å². The van der Waals surface area contributed by atoms with Gasteiger partial charge in [0.2, 0.25) is 0 Å². The van der Waals surface area contributed by atoms with E-state index in [1.165, 1.54) is 0 Å². The van der Waals surface area contributed by atoms with Gasteiger partial charge in [-0.2, -0.15) is 0 Å². The van der Waals surface area contributed by atoms with Crippen LogP contribution in [0.25, 0.3) is 0 Å². The van der Waals surface area contributed by atoms with Crippen LogP contribution < -0.4 is 10.6 Å². The minimum Gasteiger partial charge on any atom is -0.354 e. The molecule has 1 aromatic carbocycles. The Kier molecular flexibility index (Phi) is 4.86. The van der Waals surface area contributed by atoms with Gasteiger partial charge in [0.25, 0.3) is 5.91 Å². The lowest BCUT2D eigenvalue weighted by molar-refractivity contribution is 0.0914. The number of hydrogen-bond donors (Lipinski definition) is 2. The normalized spacial score (nSPS) is 11.1. The molecule has 0 bridgehead atoms. The first kappa shape index (κ1) is 16.5. The average Bonchev–Trinajstić information content (AvgIpc) is 2.41. The highest BCUT2D eigenvalue weighted by atomic mass is 79.9. The maximum Gasteiger partial charge on any atom is 0.270 e. The Labute approximate surface area is 139 Å². The number of hydrogen-bond acceptors (Lipinski definition) is 3. The van der Waals surface area contributed by atoms with Gasteiger partial charge in [-0.3, -0.25) is 4.79 Å². The van der Waals surface area contributed by atoms with Crippen molar-refractivity contribution in [3.63, 3.8) is 0 Å². The second kappa shape index (κ2) is 6.48. The molecule has 0 radical (unpaired) electrons. The van der Waals surface area contributed by atoms with Crippen molar-refractivity contribution in [2.45, 2.75) is 33.2 Å². The fourth-order valence-electron chi connectivity index (χ4n) is 1.93. The van der Waals surface area contributed by atoms with Crippen LogP contribution in [-0.4, -0.2) is 16.4 Å². The molecule has 5 heteroatoms. The Bertz CT molecular complexity index is 675. The number of benzene rings is 1. The van der Waals surface area contributed by atoms with Crippen molar-refractivity contribution in [2.24, 2.45) is 0 Å². The minimum absolute atomic E-state index is 0.168. The monoisotopic (exact) mass is 361 g/mol. The topological polar surface area (TPSA) is 54.0 Å². The van der Waals surface area contributed by atoms with E-state index >= 15 is 0 Å². The minimum atomic E-state index is -0.274. The molecular formula is C17H20BrN3O. The molecule has 1 heterocycles. The van der Waals surface area contributed by atoms with Gasteiger partial charge >= 0.3 is 0 Å². The maximum absolute atomic E-state index is 12.0. The van der Waals surface area contributed by atoms with Crippen LogP contribution in [0.3, 0.4) is 0 Å². The van der Waals surface area contributed by atoms with E-state index in [4.69, 9.17) is 0 Å². The molecule has 0 unspecified atom stereocenters. The first-order chi connectivity index (χ1) is 10.2. The zero-order chi connectivity index (χ0) is 16.3. The number of anilines is 2. The number of nitrogens with zero attached hydrogens (tertiary/aromatic N) is 1. The lowest BCUT2D eigenvalue weighted by atomic mass is 10.1. The van der Waals surface area contributed by atoms with E-state index in [1.807, 2.05) is 52.0 Å². The average molecular weight is 362 g/mol. The maximum atomic E-state index is 12.0. The molecule has 0 aliphatic heterocycles. The summed E-state index contributed by atoms with van der Waals surface area (Å²) in [6.07, 6.45) is 1.67. The Morgan fingerprint density at radius 2 is 1.91 bits per heavy atom. The van der Waals surface area contributed by atoms with Crippen molar-refractivity contribution in [1.82, 2.24) is 10.3 Å². The van der Waals surface area contributed by atoms with E-state index in [0.29, 0.717) is 5.69 Å². The highest BCUT2D eigenvalue weighted by Gasteiger charge is 2.16. The van der Waals surface area contributed by atoms with Crippen LogP contribution in [0.5, 0.6) is 0 Å². The predicted molar refractivity (Wildman–Crippen MR) is 93.6 cm³/mol. The Morgan fingerprint density at radius 1 is 1.18 bits per heavy atom. The number of aromatic nitrogens is 1.